The molecule has 0 saturated carbocycles. The molecule has 2 unspecified atom stereocenters. The van der Waals surface area contributed by atoms with Crippen LogP contribution in [0.4, 0.5) is 0 Å². The first kappa shape index (κ1) is 11.9. The monoisotopic (exact) mass is 187 g/mol. The van der Waals surface area contributed by atoms with Crippen LogP contribution in [-0.4, -0.2) is 25.0 Å². The number of amides is 1. The van der Waals surface area contributed by atoms with Crippen LogP contribution in [0.5, 0.6) is 0 Å². The summed E-state index contributed by atoms with van der Waals surface area (Å²) in [6.07, 6.45) is 0.661. The molecule has 0 fully saturated rings. The molecule has 0 radical (unpaired) electrons. The maximum Gasteiger partial charge on any atom is 0.310 e. The van der Waals surface area contributed by atoms with Gasteiger partial charge in [-0.05, 0) is 13.3 Å². The summed E-state index contributed by atoms with van der Waals surface area (Å²) in [7, 11) is 1.35. The third-order valence-corrected chi connectivity index (χ3v) is 1.98. The predicted octanol–water partition coefficient (Wildman–Crippen LogP) is 0.710. The molecule has 0 heterocycles. The normalized spacial score (nSPS) is 14.5. The number of hydrogen-bond donors (Lipinski definition) is 1. The largest absolute Gasteiger partial charge is 0.469 e. The lowest BCUT2D eigenvalue weighted by molar-refractivity contribution is -0.146. The Morgan fingerprint density at radius 3 is 2.31 bits per heavy atom. The first-order chi connectivity index (χ1) is 6.02. The van der Waals surface area contributed by atoms with E-state index >= 15 is 0 Å². The van der Waals surface area contributed by atoms with Gasteiger partial charge in [-0.2, -0.15) is 0 Å². The summed E-state index contributed by atoms with van der Waals surface area (Å²) in [5.74, 6) is -0.660. The third kappa shape index (κ3) is 3.92. The van der Waals surface area contributed by atoms with E-state index in [1.54, 1.807) is 6.92 Å². The van der Waals surface area contributed by atoms with Gasteiger partial charge in [-0.3, -0.25) is 9.59 Å². The minimum absolute atomic E-state index is 0.130. The summed E-state index contributed by atoms with van der Waals surface area (Å²) in [6.45, 7) is 5.12. The summed E-state index contributed by atoms with van der Waals surface area (Å²) in [6, 6.07) is -0.171. The van der Waals surface area contributed by atoms with Gasteiger partial charge in [0.25, 0.3) is 0 Å². The highest BCUT2D eigenvalue weighted by molar-refractivity contribution is 5.76. The smallest absolute Gasteiger partial charge is 0.310 e. The number of nitrogens with one attached hydrogen (secondary N) is 1. The summed E-state index contributed by atoms with van der Waals surface area (Å²) in [5.41, 5.74) is 0. The van der Waals surface area contributed by atoms with Gasteiger partial charge < -0.3 is 10.1 Å². The molecule has 0 aromatic heterocycles. The molecule has 0 aliphatic heterocycles. The van der Waals surface area contributed by atoms with Crippen molar-refractivity contribution in [3.63, 3.8) is 0 Å². The van der Waals surface area contributed by atoms with E-state index in [1.807, 2.05) is 6.92 Å². The molecule has 0 aliphatic carbocycles. The fourth-order valence-corrected chi connectivity index (χ4v) is 1.30. The number of ether oxygens (including phenoxy) is 1. The third-order valence-electron chi connectivity index (χ3n) is 1.98. The van der Waals surface area contributed by atoms with Crippen LogP contribution in [0.1, 0.15) is 27.2 Å². The van der Waals surface area contributed by atoms with Gasteiger partial charge in [-0.25, -0.2) is 0 Å². The van der Waals surface area contributed by atoms with Gasteiger partial charge >= 0.3 is 5.97 Å². The van der Waals surface area contributed by atoms with Gasteiger partial charge in [0.2, 0.25) is 5.91 Å². The lowest BCUT2D eigenvalue weighted by Crippen LogP contribution is -2.40. The number of methoxy groups -OCH3 is 1. The van der Waals surface area contributed by atoms with E-state index in [-0.39, 0.29) is 23.8 Å². The van der Waals surface area contributed by atoms with Crippen molar-refractivity contribution in [2.45, 2.75) is 33.2 Å². The van der Waals surface area contributed by atoms with E-state index in [0.717, 1.165) is 0 Å². The van der Waals surface area contributed by atoms with E-state index in [1.165, 1.54) is 14.0 Å². The lowest BCUT2D eigenvalue weighted by atomic mass is 9.98. The van der Waals surface area contributed by atoms with Crippen molar-refractivity contribution in [2.75, 3.05) is 7.11 Å². The highest BCUT2D eigenvalue weighted by atomic mass is 16.5. The molecule has 1 amide bonds. The molecular weight excluding hydrogens is 170 g/mol. The van der Waals surface area contributed by atoms with Crippen molar-refractivity contribution in [1.29, 1.82) is 0 Å². The van der Waals surface area contributed by atoms with Crippen LogP contribution in [0.2, 0.25) is 0 Å². The SMILES string of the molecule is CCC(C(=O)OC)C(C)NC(C)=O. The molecule has 0 rings (SSSR count). The fraction of sp³-hybridized carbons (Fsp3) is 0.778. The molecule has 1 N–H and O–H groups in total. The molecule has 0 aliphatic rings. The molecule has 0 bridgehead atoms. The van der Waals surface area contributed by atoms with Gasteiger partial charge in [0, 0.05) is 13.0 Å². The number of carbonyl (C=O) groups is 2. The molecule has 4 nitrogen and oxygen atoms in total. The molecule has 0 saturated heterocycles. The topological polar surface area (TPSA) is 55.4 Å². The molecule has 76 valence electrons. The Labute approximate surface area is 78.6 Å². The minimum atomic E-state index is -0.274. The summed E-state index contributed by atoms with van der Waals surface area (Å²) >= 11 is 0. The Morgan fingerprint density at radius 2 is 2.00 bits per heavy atom. The second-order valence-electron chi connectivity index (χ2n) is 3.03. The average Bonchev–Trinajstić information content (AvgIpc) is 2.03. The Kier molecular flexibility index (Phi) is 5.11. The first-order valence-corrected chi connectivity index (χ1v) is 4.37. The second kappa shape index (κ2) is 5.56. The van der Waals surface area contributed by atoms with Crippen LogP contribution in [0.25, 0.3) is 0 Å². The standard InChI is InChI=1S/C9H17NO3/c1-5-8(9(12)13-4)6(2)10-7(3)11/h6,8H,5H2,1-4H3,(H,10,11). The van der Waals surface area contributed by atoms with Gasteiger partial charge in [-0.15, -0.1) is 0 Å². The average molecular weight is 187 g/mol. The number of carbonyl (C=O) groups excluding carboxylic acids is 2. The number of esters is 1. The molecule has 0 spiro atoms. The molecule has 2 atom stereocenters. The fourth-order valence-electron chi connectivity index (χ4n) is 1.30. The van der Waals surface area contributed by atoms with E-state index in [0.29, 0.717) is 6.42 Å². The van der Waals surface area contributed by atoms with Crippen molar-refractivity contribution in [3.8, 4) is 0 Å². The van der Waals surface area contributed by atoms with Gasteiger partial charge in [0.1, 0.15) is 0 Å². The van der Waals surface area contributed by atoms with Crippen molar-refractivity contribution in [1.82, 2.24) is 5.32 Å². The zero-order valence-electron chi connectivity index (χ0n) is 8.59. The van der Waals surface area contributed by atoms with Crippen LogP contribution in [-0.2, 0) is 14.3 Å². The van der Waals surface area contributed by atoms with Crippen LogP contribution in [0, 0.1) is 5.92 Å². The lowest BCUT2D eigenvalue weighted by Gasteiger charge is -2.20. The van der Waals surface area contributed by atoms with Gasteiger partial charge in [0.15, 0.2) is 0 Å². The van der Waals surface area contributed by atoms with Crippen molar-refractivity contribution in [3.05, 3.63) is 0 Å². The number of rotatable bonds is 4. The molecule has 13 heavy (non-hydrogen) atoms. The summed E-state index contributed by atoms with van der Waals surface area (Å²) in [5, 5.41) is 2.67. The molecule has 4 heteroatoms. The van der Waals surface area contributed by atoms with Crippen LogP contribution in [0.15, 0.2) is 0 Å². The highest BCUT2D eigenvalue weighted by Crippen LogP contribution is 2.10. The van der Waals surface area contributed by atoms with Crippen LogP contribution >= 0.6 is 0 Å². The van der Waals surface area contributed by atoms with Crippen LogP contribution < -0.4 is 5.32 Å². The van der Waals surface area contributed by atoms with E-state index < -0.39 is 0 Å². The van der Waals surface area contributed by atoms with Gasteiger partial charge in [-0.1, -0.05) is 6.92 Å². The van der Waals surface area contributed by atoms with E-state index in [4.69, 9.17) is 0 Å². The van der Waals surface area contributed by atoms with Gasteiger partial charge in [0.05, 0.1) is 13.0 Å². The zero-order chi connectivity index (χ0) is 10.4. The molecule has 0 aromatic carbocycles. The minimum Gasteiger partial charge on any atom is -0.469 e. The molecular formula is C9H17NO3. The van der Waals surface area contributed by atoms with E-state index in [9.17, 15) is 9.59 Å². The number of hydrogen-bond acceptors (Lipinski definition) is 3. The molecule has 0 aromatic rings. The maximum absolute atomic E-state index is 11.2. The van der Waals surface area contributed by atoms with Crippen molar-refractivity contribution >= 4 is 11.9 Å². The van der Waals surface area contributed by atoms with E-state index in [2.05, 4.69) is 10.1 Å². The highest BCUT2D eigenvalue weighted by Gasteiger charge is 2.24. The van der Waals surface area contributed by atoms with Crippen LogP contribution in [0.3, 0.4) is 0 Å². The predicted molar refractivity (Wildman–Crippen MR) is 49.1 cm³/mol. The summed E-state index contributed by atoms with van der Waals surface area (Å²) < 4.78 is 4.62. The maximum atomic E-state index is 11.2. The van der Waals surface area contributed by atoms with Crippen molar-refractivity contribution in [2.24, 2.45) is 5.92 Å². The Hall–Kier alpha value is -1.06. The zero-order valence-corrected chi connectivity index (χ0v) is 8.59. The Bertz CT molecular complexity index is 191. The second-order valence-corrected chi connectivity index (χ2v) is 3.03. The quantitative estimate of drug-likeness (QED) is 0.659. The summed E-state index contributed by atoms with van der Waals surface area (Å²) in [4.78, 5) is 21.9. The Balaban J connectivity index is 4.22. The first-order valence-electron chi connectivity index (χ1n) is 4.37. The Morgan fingerprint density at radius 1 is 1.46 bits per heavy atom. The van der Waals surface area contributed by atoms with Crippen molar-refractivity contribution < 1.29 is 14.3 Å².